The molecule has 0 aliphatic carbocycles. The number of esters is 1. The minimum atomic E-state index is -4.73. The maximum Gasteiger partial charge on any atom is 0.511 e. The Hall–Kier alpha value is -5.40. The van der Waals surface area contributed by atoms with Crippen LogP contribution in [-0.4, -0.2) is 78.3 Å². The minimum Gasteiger partial charge on any atom is -0.569 e. The van der Waals surface area contributed by atoms with Crippen molar-refractivity contribution in [3.05, 3.63) is 71.1 Å². The Morgan fingerprint density at radius 3 is 2.27 bits per heavy atom. The van der Waals surface area contributed by atoms with Crippen molar-refractivity contribution < 1.29 is 60.0 Å². The third-order valence-corrected chi connectivity index (χ3v) is 7.82. The number of likely N-dealkylation sites (N-methyl/N-ethyl adjacent to an activating group) is 1. The van der Waals surface area contributed by atoms with Crippen molar-refractivity contribution in [2.24, 2.45) is 5.28 Å². The number of hydrogen-bond donors (Lipinski definition) is 1. The van der Waals surface area contributed by atoms with Crippen molar-refractivity contribution >= 4 is 28.1 Å². The Bertz CT molecular complexity index is 1820. The summed E-state index contributed by atoms with van der Waals surface area (Å²) >= 11 is 0. The molecule has 0 spiro atoms. The molecule has 1 amide bonds. The number of rotatable bonds is 14. The van der Waals surface area contributed by atoms with Gasteiger partial charge in [0.25, 0.3) is 16.3 Å². The van der Waals surface area contributed by atoms with Gasteiger partial charge in [-0.2, -0.15) is 18.3 Å². The molecule has 0 bridgehead atoms. The Morgan fingerprint density at radius 1 is 1.06 bits per heavy atom. The zero-order valence-electron chi connectivity index (χ0n) is 28.5. The zero-order chi connectivity index (χ0) is 38.1. The number of benzene rings is 2. The van der Waals surface area contributed by atoms with Crippen LogP contribution in [-0.2, 0) is 44.8 Å². The van der Waals surface area contributed by atoms with Gasteiger partial charge in [-0.05, 0) is 58.0 Å². The molecule has 0 fully saturated rings. The van der Waals surface area contributed by atoms with Crippen molar-refractivity contribution in [1.82, 2.24) is 19.5 Å². The van der Waals surface area contributed by atoms with Gasteiger partial charge in [-0.25, -0.2) is 22.6 Å². The van der Waals surface area contributed by atoms with E-state index in [4.69, 9.17) is 19.0 Å². The van der Waals surface area contributed by atoms with E-state index in [0.29, 0.717) is 5.56 Å². The van der Waals surface area contributed by atoms with Crippen LogP contribution >= 0.6 is 0 Å². The highest BCUT2D eigenvalue weighted by molar-refractivity contribution is 7.90. The number of aromatic nitrogens is 2. The molecule has 3 rings (SSSR count). The number of amides is 1. The molecule has 51 heavy (non-hydrogen) atoms. The summed E-state index contributed by atoms with van der Waals surface area (Å²) in [6, 6.07) is 12.3. The van der Waals surface area contributed by atoms with Gasteiger partial charge in [0.2, 0.25) is 11.2 Å². The molecule has 16 nitrogen and oxygen atoms in total. The van der Waals surface area contributed by atoms with Gasteiger partial charge in [-0.3, -0.25) is 14.4 Å². The highest BCUT2D eigenvalue weighted by atomic mass is 32.2. The Balaban J connectivity index is 1.50. The average molecular weight is 743 g/mol. The first-order valence-corrected chi connectivity index (χ1v) is 16.6. The first-order valence-electron chi connectivity index (χ1n) is 15.2. The van der Waals surface area contributed by atoms with E-state index >= 15 is 0 Å². The van der Waals surface area contributed by atoms with Crippen molar-refractivity contribution in [3.63, 3.8) is 0 Å². The van der Waals surface area contributed by atoms with E-state index in [1.807, 2.05) is 11.6 Å². The second kappa shape index (κ2) is 16.5. The maximum atomic E-state index is 13.5. The van der Waals surface area contributed by atoms with E-state index in [0.717, 1.165) is 33.5 Å². The van der Waals surface area contributed by atoms with Gasteiger partial charge in [0, 0.05) is 18.9 Å². The second-order valence-electron chi connectivity index (χ2n) is 11.9. The SMILES string of the molecule is Cc1ccc(-c2cc(C(F)(F)F)nn2-c2ccc(S(=O)(=O)NC(=O)CCC(=O)OCCN(C)[N+]([O-])=NOC(C)OC(=O)OC(C)(C)C)cc2)cc1. The van der Waals surface area contributed by atoms with Crippen molar-refractivity contribution in [2.45, 2.75) is 70.4 Å². The third kappa shape index (κ3) is 12.5. The molecule has 278 valence electrons. The largest absolute Gasteiger partial charge is 0.569 e. The van der Waals surface area contributed by atoms with Crippen LogP contribution in [0.4, 0.5) is 18.0 Å². The first-order chi connectivity index (χ1) is 23.6. The van der Waals surface area contributed by atoms with Crippen LogP contribution in [0.5, 0.6) is 0 Å². The normalized spacial score (nSPS) is 12.8. The number of hydrogen-bond acceptors (Lipinski definition) is 12. The molecule has 1 atom stereocenters. The highest BCUT2D eigenvalue weighted by Crippen LogP contribution is 2.33. The van der Waals surface area contributed by atoms with E-state index in [1.165, 1.54) is 26.1 Å². The summed E-state index contributed by atoms with van der Waals surface area (Å²) in [7, 11) is -3.13. The fourth-order valence-corrected chi connectivity index (χ4v) is 4.95. The molecule has 1 unspecified atom stereocenters. The van der Waals surface area contributed by atoms with Crippen LogP contribution in [0.15, 0.2) is 64.8 Å². The van der Waals surface area contributed by atoms with Crippen LogP contribution in [0.25, 0.3) is 16.9 Å². The van der Waals surface area contributed by atoms with E-state index in [1.54, 1.807) is 45.0 Å². The Kier molecular flexibility index (Phi) is 13.0. The van der Waals surface area contributed by atoms with Crippen molar-refractivity contribution in [3.8, 4) is 16.9 Å². The number of halogens is 3. The summed E-state index contributed by atoms with van der Waals surface area (Å²) in [5.41, 5.74) is -0.353. The lowest BCUT2D eigenvalue weighted by Crippen LogP contribution is -2.32. The number of sulfonamides is 1. The van der Waals surface area contributed by atoms with Crippen molar-refractivity contribution in [2.75, 3.05) is 20.2 Å². The summed E-state index contributed by atoms with van der Waals surface area (Å²) in [6.07, 6.45) is -8.08. The van der Waals surface area contributed by atoms with Gasteiger partial charge in [-0.1, -0.05) is 29.8 Å². The lowest BCUT2D eigenvalue weighted by atomic mass is 10.1. The number of carbonyl (C=O) groups excluding carboxylic acids is 3. The molecule has 1 aromatic heterocycles. The van der Waals surface area contributed by atoms with Crippen LogP contribution in [0.1, 0.15) is 51.8 Å². The van der Waals surface area contributed by atoms with Gasteiger partial charge in [0.15, 0.2) is 5.69 Å². The lowest BCUT2D eigenvalue weighted by molar-refractivity contribution is -0.707. The van der Waals surface area contributed by atoms with Crippen LogP contribution in [0.3, 0.4) is 0 Å². The van der Waals surface area contributed by atoms with Gasteiger partial charge in [0.05, 0.1) is 34.7 Å². The van der Waals surface area contributed by atoms with Gasteiger partial charge in [0.1, 0.15) is 18.8 Å². The van der Waals surface area contributed by atoms with Gasteiger partial charge in [-0.15, -0.1) is 5.01 Å². The molecular weight excluding hydrogens is 705 g/mol. The fourth-order valence-electron chi connectivity index (χ4n) is 3.94. The van der Waals surface area contributed by atoms with Gasteiger partial charge < -0.3 is 19.4 Å². The number of nitrogens with zero attached hydrogens (tertiary/aromatic N) is 5. The number of alkyl halides is 3. The topological polar surface area (TPSA) is 194 Å². The molecule has 1 heterocycles. The van der Waals surface area contributed by atoms with Crippen LogP contribution in [0.2, 0.25) is 0 Å². The number of hydrazine groups is 1. The Morgan fingerprint density at radius 2 is 1.69 bits per heavy atom. The molecule has 20 heteroatoms. The second-order valence-corrected chi connectivity index (χ2v) is 13.6. The predicted octanol–water partition coefficient (Wildman–Crippen LogP) is 5.03. The molecule has 0 radical (unpaired) electrons. The Labute approximate surface area is 291 Å². The average Bonchev–Trinajstić information content (AvgIpc) is 3.48. The molecular formula is C31H37F3N6O10S. The summed E-state index contributed by atoms with van der Waals surface area (Å²) in [5.74, 6) is -1.90. The summed E-state index contributed by atoms with van der Waals surface area (Å²) in [5, 5.41) is 19.8. The van der Waals surface area contributed by atoms with Crippen molar-refractivity contribution in [1.29, 1.82) is 0 Å². The van der Waals surface area contributed by atoms with Crippen LogP contribution < -0.4 is 4.72 Å². The maximum absolute atomic E-state index is 13.5. The molecule has 0 aliphatic heterocycles. The number of aryl methyl sites for hydroxylation is 1. The molecule has 1 N–H and O–H groups in total. The highest BCUT2D eigenvalue weighted by Gasteiger charge is 2.35. The fraction of sp³-hybridized carbons (Fsp3) is 0.419. The number of nitrogens with one attached hydrogen (secondary N) is 1. The molecule has 0 saturated heterocycles. The lowest BCUT2D eigenvalue weighted by Gasteiger charge is -2.20. The van der Waals surface area contributed by atoms with E-state index < -0.39 is 64.7 Å². The molecule has 0 saturated carbocycles. The van der Waals surface area contributed by atoms with Crippen LogP contribution in [0, 0.1) is 12.1 Å². The van der Waals surface area contributed by atoms with E-state index in [-0.39, 0.29) is 34.4 Å². The summed E-state index contributed by atoms with van der Waals surface area (Å²) < 4.78 is 83.6. The molecule has 2 aromatic carbocycles. The smallest absolute Gasteiger partial charge is 0.511 e. The zero-order valence-corrected chi connectivity index (χ0v) is 29.3. The minimum absolute atomic E-state index is 0.00537. The van der Waals surface area contributed by atoms with E-state index in [9.17, 15) is 41.2 Å². The summed E-state index contributed by atoms with van der Waals surface area (Å²) in [4.78, 5) is 40.4. The molecule has 0 aliphatic rings. The monoisotopic (exact) mass is 742 g/mol. The van der Waals surface area contributed by atoms with E-state index in [2.05, 4.69) is 10.4 Å². The quantitative estimate of drug-likeness (QED) is 0.0762. The number of ether oxygens (including phenoxy) is 3. The third-order valence-electron chi connectivity index (χ3n) is 6.43. The summed E-state index contributed by atoms with van der Waals surface area (Å²) in [6.45, 7) is 7.53. The predicted molar refractivity (Wildman–Crippen MR) is 171 cm³/mol. The standard InChI is InChI=1S/C31H37F3N6O10S/c1-20-7-9-22(10-8-20)25-19-26(31(32,33)34)35-39(25)23-11-13-24(14-12-23)51(45,46)36-27(41)15-16-28(42)47-18-17-38(6)40(44)37-50-21(2)48-29(43)49-30(3,4)5/h7-14,19,21H,15-18H2,1-6H3,(H,36,41). The molecule has 3 aromatic rings. The first kappa shape index (κ1) is 40.0. The number of carbonyl (C=O) groups is 3. The van der Waals surface area contributed by atoms with Gasteiger partial charge >= 0.3 is 18.3 Å².